The van der Waals surface area contributed by atoms with Crippen molar-refractivity contribution < 1.29 is 4.74 Å². The van der Waals surface area contributed by atoms with E-state index in [1.165, 1.54) is 4.88 Å². The lowest BCUT2D eigenvalue weighted by molar-refractivity contribution is 0.161. The van der Waals surface area contributed by atoms with Crippen molar-refractivity contribution >= 4 is 17.0 Å². The standard InChI is InChI=1S/C11H21N3OS/c1-14(6-7-15-2)5-4-13-9-11-10(12)3-8-16-11/h3,8,13H,4-7,9,12H2,1-2H3. The first-order valence-corrected chi connectivity index (χ1v) is 6.32. The lowest BCUT2D eigenvalue weighted by Gasteiger charge is -2.16. The molecule has 0 aromatic carbocycles. The number of hydrogen-bond donors (Lipinski definition) is 2. The minimum Gasteiger partial charge on any atom is -0.398 e. The van der Waals surface area contributed by atoms with Crippen molar-refractivity contribution in [2.45, 2.75) is 6.54 Å². The Hall–Kier alpha value is -0.620. The molecule has 1 aromatic heterocycles. The average molecular weight is 243 g/mol. The Balaban J connectivity index is 2.06. The molecule has 0 fully saturated rings. The van der Waals surface area contributed by atoms with E-state index < -0.39 is 0 Å². The molecule has 5 heteroatoms. The lowest BCUT2D eigenvalue weighted by Crippen LogP contribution is -2.31. The summed E-state index contributed by atoms with van der Waals surface area (Å²) in [7, 11) is 3.83. The number of nitrogens with one attached hydrogen (secondary N) is 1. The first-order valence-electron chi connectivity index (χ1n) is 5.44. The third-order valence-electron chi connectivity index (χ3n) is 2.41. The van der Waals surface area contributed by atoms with Crippen LogP contribution in [0.15, 0.2) is 11.4 Å². The second-order valence-corrected chi connectivity index (χ2v) is 4.77. The quantitative estimate of drug-likeness (QED) is 0.669. The molecule has 0 unspecified atom stereocenters. The molecule has 0 saturated heterocycles. The molecule has 0 aliphatic carbocycles. The lowest BCUT2D eigenvalue weighted by atomic mass is 10.4. The molecule has 1 rings (SSSR count). The molecule has 92 valence electrons. The molecule has 0 saturated carbocycles. The Kier molecular flexibility index (Phi) is 6.40. The smallest absolute Gasteiger partial charge is 0.0589 e. The maximum Gasteiger partial charge on any atom is 0.0589 e. The topological polar surface area (TPSA) is 50.5 Å². The molecule has 1 aromatic rings. The van der Waals surface area contributed by atoms with Gasteiger partial charge in [0.25, 0.3) is 0 Å². The van der Waals surface area contributed by atoms with E-state index in [-0.39, 0.29) is 0 Å². The van der Waals surface area contributed by atoms with Crippen LogP contribution in [-0.2, 0) is 11.3 Å². The van der Waals surface area contributed by atoms with Crippen molar-refractivity contribution in [2.75, 3.05) is 46.1 Å². The Morgan fingerprint density at radius 3 is 2.94 bits per heavy atom. The number of methoxy groups -OCH3 is 1. The van der Waals surface area contributed by atoms with Crippen LogP contribution in [-0.4, -0.2) is 45.3 Å². The number of ether oxygens (including phenoxy) is 1. The number of nitrogens with zero attached hydrogens (tertiary/aromatic N) is 1. The van der Waals surface area contributed by atoms with E-state index in [4.69, 9.17) is 10.5 Å². The predicted octanol–water partition coefficient (Wildman–Crippen LogP) is 0.998. The van der Waals surface area contributed by atoms with E-state index in [1.54, 1.807) is 18.4 Å². The van der Waals surface area contributed by atoms with E-state index in [2.05, 4.69) is 17.3 Å². The summed E-state index contributed by atoms with van der Waals surface area (Å²) in [6.07, 6.45) is 0. The van der Waals surface area contributed by atoms with Gasteiger partial charge in [-0.15, -0.1) is 11.3 Å². The van der Waals surface area contributed by atoms with Crippen LogP contribution < -0.4 is 11.1 Å². The van der Waals surface area contributed by atoms with Crippen molar-refractivity contribution in [1.29, 1.82) is 0 Å². The molecule has 0 bridgehead atoms. The zero-order valence-electron chi connectivity index (χ0n) is 10.0. The third-order valence-corrected chi connectivity index (χ3v) is 3.35. The minimum absolute atomic E-state index is 0.786. The summed E-state index contributed by atoms with van der Waals surface area (Å²) >= 11 is 1.70. The highest BCUT2D eigenvalue weighted by Gasteiger charge is 2.00. The number of hydrogen-bond acceptors (Lipinski definition) is 5. The van der Waals surface area contributed by atoms with E-state index in [0.29, 0.717) is 0 Å². The Morgan fingerprint density at radius 2 is 2.31 bits per heavy atom. The fourth-order valence-electron chi connectivity index (χ4n) is 1.32. The molecule has 0 aliphatic heterocycles. The van der Waals surface area contributed by atoms with Gasteiger partial charge >= 0.3 is 0 Å². The molecule has 0 spiro atoms. The maximum absolute atomic E-state index is 5.79. The van der Waals surface area contributed by atoms with Crippen LogP contribution in [0.3, 0.4) is 0 Å². The molecule has 3 N–H and O–H groups in total. The zero-order chi connectivity index (χ0) is 11.8. The fraction of sp³-hybridized carbons (Fsp3) is 0.636. The average Bonchev–Trinajstić information content (AvgIpc) is 2.67. The highest BCUT2D eigenvalue weighted by Crippen LogP contribution is 2.17. The van der Waals surface area contributed by atoms with Gasteiger partial charge in [0.1, 0.15) is 0 Å². The van der Waals surface area contributed by atoms with Crippen LogP contribution in [0.5, 0.6) is 0 Å². The summed E-state index contributed by atoms with van der Waals surface area (Å²) in [5.74, 6) is 0. The number of likely N-dealkylation sites (N-methyl/N-ethyl adjacent to an activating group) is 1. The van der Waals surface area contributed by atoms with E-state index in [9.17, 15) is 0 Å². The first kappa shape index (κ1) is 13.4. The van der Waals surface area contributed by atoms with Gasteiger partial charge < -0.3 is 20.7 Å². The van der Waals surface area contributed by atoms with Gasteiger partial charge in [-0.2, -0.15) is 0 Å². The van der Waals surface area contributed by atoms with Gasteiger partial charge in [-0.25, -0.2) is 0 Å². The molecule has 16 heavy (non-hydrogen) atoms. The number of anilines is 1. The maximum atomic E-state index is 5.79. The van der Waals surface area contributed by atoms with Crippen molar-refractivity contribution in [2.24, 2.45) is 0 Å². The summed E-state index contributed by atoms with van der Waals surface area (Å²) < 4.78 is 5.02. The van der Waals surface area contributed by atoms with Gasteiger partial charge in [0.05, 0.1) is 6.61 Å². The van der Waals surface area contributed by atoms with Crippen LogP contribution in [0.2, 0.25) is 0 Å². The van der Waals surface area contributed by atoms with Gasteiger partial charge in [-0.1, -0.05) is 0 Å². The normalized spacial score (nSPS) is 11.2. The zero-order valence-corrected chi connectivity index (χ0v) is 10.8. The largest absolute Gasteiger partial charge is 0.398 e. The monoisotopic (exact) mass is 243 g/mol. The molecular formula is C11H21N3OS. The van der Waals surface area contributed by atoms with E-state index in [1.807, 2.05) is 11.4 Å². The van der Waals surface area contributed by atoms with Gasteiger partial charge in [-0.05, 0) is 18.5 Å². The van der Waals surface area contributed by atoms with Gasteiger partial charge in [0, 0.05) is 43.9 Å². The molecule has 0 atom stereocenters. The summed E-state index contributed by atoms with van der Waals surface area (Å²) in [6.45, 7) is 4.61. The highest BCUT2D eigenvalue weighted by atomic mass is 32.1. The summed E-state index contributed by atoms with van der Waals surface area (Å²) in [5, 5.41) is 5.41. The predicted molar refractivity (Wildman–Crippen MR) is 69.8 cm³/mol. The van der Waals surface area contributed by atoms with Crippen molar-refractivity contribution in [3.05, 3.63) is 16.3 Å². The second kappa shape index (κ2) is 7.62. The van der Waals surface area contributed by atoms with E-state index in [0.717, 1.165) is 38.5 Å². The Bertz CT molecular complexity index is 291. The molecular weight excluding hydrogens is 222 g/mol. The van der Waals surface area contributed by atoms with Gasteiger partial charge in [-0.3, -0.25) is 0 Å². The Morgan fingerprint density at radius 1 is 1.50 bits per heavy atom. The SMILES string of the molecule is COCCN(C)CCNCc1sccc1N. The van der Waals surface area contributed by atoms with E-state index >= 15 is 0 Å². The highest BCUT2D eigenvalue weighted by molar-refractivity contribution is 7.10. The Labute approximate surface area is 101 Å². The summed E-state index contributed by atoms with van der Waals surface area (Å²) in [6, 6.07) is 1.95. The first-order chi connectivity index (χ1) is 7.74. The molecule has 1 heterocycles. The molecule has 0 radical (unpaired) electrons. The third kappa shape index (κ3) is 4.94. The van der Waals surface area contributed by atoms with Gasteiger partial charge in [0.2, 0.25) is 0 Å². The minimum atomic E-state index is 0.786. The molecule has 4 nitrogen and oxygen atoms in total. The summed E-state index contributed by atoms with van der Waals surface area (Å²) in [4.78, 5) is 3.47. The molecule has 0 amide bonds. The van der Waals surface area contributed by atoms with Gasteiger partial charge in [0.15, 0.2) is 0 Å². The molecule has 0 aliphatic rings. The van der Waals surface area contributed by atoms with Crippen LogP contribution in [0.25, 0.3) is 0 Å². The van der Waals surface area contributed by atoms with Crippen LogP contribution in [0.4, 0.5) is 5.69 Å². The number of rotatable bonds is 8. The number of nitrogen functional groups attached to an aromatic ring is 1. The van der Waals surface area contributed by atoms with Crippen LogP contribution in [0.1, 0.15) is 4.88 Å². The second-order valence-electron chi connectivity index (χ2n) is 3.77. The number of nitrogens with two attached hydrogens (primary N) is 1. The fourth-order valence-corrected chi connectivity index (χ4v) is 2.09. The van der Waals surface area contributed by atoms with Crippen LogP contribution in [0, 0.1) is 0 Å². The van der Waals surface area contributed by atoms with Crippen molar-refractivity contribution in [1.82, 2.24) is 10.2 Å². The number of thiophene rings is 1. The van der Waals surface area contributed by atoms with Crippen molar-refractivity contribution in [3.8, 4) is 0 Å². The summed E-state index contributed by atoms with van der Waals surface area (Å²) in [5.41, 5.74) is 6.69. The van der Waals surface area contributed by atoms with Crippen LogP contribution >= 0.6 is 11.3 Å². The van der Waals surface area contributed by atoms with Crippen molar-refractivity contribution in [3.63, 3.8) is 0 Å².